The second-order valence-electron chi connectivity index (χ2n) is 3.72. The monoisotopic (exact) mass is 148 g/mol. The van der Waals surface area contributed by atoms with E-state index in [9.17, 15) is 0 Å². The van der Waals surface area contributed by atoms with Crippen molar-refractivity contribution in [1.82, 2.24) is 0 Å². The van der Waals surface area contributed by atoms with Gasteiger partial charge in [-0.05, 0) is 31.1 Å². The molecule has 0 saturated heterocycles. The summed E-state index contributed by atoms with van der Waals surface area (Å²) >= 11 is 0. The zero-order chi connectivity index (χ0) is 7.68. The molecule has 0 heteroatoms. The first kappa shape index (κ1) is 7.15. The molecule has 2 aliphatic carbocycles. The van der Waals surface area contributed by atoms with E-state index in [1.807, 2.05) is 0 Å². The highest BCUT2D eigenvalue weighted by molar-refractivity contribution is 5.24. The molecule has 2 rings (SSSR count). The zero-order valence-corrected chi connectivity index (χ0v) is 7.22. The molecule has 0 spiro atoms. The molecule has 0 N–H and O–H groups in total. The van der Waals surface area contributed by atoms with E-state index in [1.54, 1.807) is 5.57 Å². The summed E-state index contributed by atoms with van der Waals surface area (Å²) in [4.78, 5) is 0. The zero-order valence-electron chi connectivity index (χ0n) is 7.22. The van der Waals surface area contributed by atoms with Crippen molar-refractivity contribution < 1.29 is 0 Å². The third-order valence-corrected chi connectivity index (χ3v) is 3.21. The van der Waals surface area contributed by atoms with E-state index in [0.29, 0.717) is 0 Å². The minimum Gasteiger partial charge on any atom is -0.0839 e. The highest BCUT2D eigenvalue weighted by atomic mass is 14.3. The summed E-state index contributed by atoms with van der Waals surface area (Å²) < 4.78 is 0. The second-order valence-corrected chi connectivity index (χ2v) is 3.72. The molecular weight excluding hydrogens is 132 g/mol. The largest absolute Gasteiger partial charge is 0.0839 e. The Morgan fingerprint density at radius 3 is 3.27 bits per heavy atom. The maximum atomic E-state index is 2.34. The summed E-state index contributed by atoms with van der Waals surface area (Å²) in [6.45, 7) is 2.33. The van der Waals surface area contributed by atoms with Crippen molar-refractivity contribution >= 4 is 0 Å². The molecule has 2 unspecified atom stereocenters. The fourth-order valence-electron chi connectivity index (χ4n) is 2.50. The summed E-state index contributed by atoms with van der Waals surface area (Å²) in [6.07, 6.45) is 12.4. The summed E-state index contributed by atoms with van der Waals surface area (Å²) in [5.74, 6) is 1.91. The van der Waals surface area contributed by atoms with Crippen molar-refractivity contribution in [3.8, 4) is 0 Å². The van der Waals surface area contributed by atoms with Gasteiger partial charge in [-0.2, -0.15) is 0 Å². The van der Waals surface area contributed by atoms with Crippen molar-refractivity contribution in [3.05, 3.63) is 23.8 Å². The SMILES string of the molecule is CCC1CCC2=CC=CCC21. The predicted molar refractivity (Wildman–Crippen MR) is 48.3 cm³/mol. The number of hydrogen-bond donors (Lipinski definition) is 0. The molecular formula is C11H16. The molecule has 0 aromatic rings. The maximum absolute atomic E-state index is 2.34. The Morgan fingerprint density at radius 2 is 2.45 bits per heavy atom. The first-order chi connectivity index (χ1) is 5.42. The Kier molecular flexibility index (Phi) is 1.85. The molecule has 1 fully saturated rings. The minimum absolute atomic E-state index is 0.921. The van der Waals surface area contributed by atoms with Crippen LogP contribution in [0.1, 0.15) is 32.6 Å². The summed E-state index contributed by atoms with van der Waals surface area (Å²) in [7, 11) is 0. The fraction of sp³-hybridized carbons (Fsp3) is 0.636. The Hall–Kier alpha value is -0.520. The maximum Gasteiger partial charge on any atom is -0.0137 e. The van der Waals surface area contributed by atoms with Crippen LogP contribution in [0.25, 0.3) is 0 Å². The molecule has 0 heterocycles. The van der Waals surface area contributed by atoms with Crippen molar-refractivity contribution in [2.75, 3.05) is 0 Å². The molecule has 60 valence electrons. The Morgan fingerprint density at radius 1 is 1.55 bits per heavy atom. The predicted octanol–water partition coefficient (Wildman–Crippen LogP) is 3.31. The fourth-order valence-corrected chi connectivity index (χ4v) is 2.50. The Bertz CT molecular complexity index is 198. The Balaban J connectivity index is 2.15. The standard InChI is InChI=1S/C11H16/c1-2-9-7-8-10-5-3-4-6-11(9)10/h3-5,9,11H,2,6-8H2,1H3. The van der Waals surface area contributed by atoms with Gasteiger partial charge in [-0.15, -0.1) is 0 Å². The van der Waals surface area contributed by atoms with Gasteiger partial charge in [0.15, 0.2) is 0 Å². The molecule has 0 amide bonds. The van der Waals surface area contributed by atoms with E-state index in [0.717, 1.165) is 11.8 Å². The highest BCUT2D eigenvalue weighted by Crippen LogP contribution is 2.42. The summed E-state index contributed by atoms with van der Waals surface area (Å²) in [6, 6.07) is 0. The van der Waals surface area contributed by atoms with Crippen LogP contribution in [-0.2, 0) is 0 Å². The lowest BCUT2D eigenvalue weighted by atomic mass is 9.86. The van der Waals surface area contributed by atoms with Crippen LogP contribution in [0.2, 0.25) is 0 Å². The lowest BCUT2D eigenvalue weighted by Crippen LogP contribution is -2.08. The van der Waals surface area contributed by atoms with Crippen LogP contribution in [0.4, 0.5) is 0 Å². The molecule has 0 aromatic carbocycles. The smallest absolute Gasteiger partial charge is 0.0137 e. The van der Waals surface area contributed by atoms with Crippen LogP contribution >= 0.6 is 0 Å². The molecule has 0 aromatic heterocycles. The Labute approximate surface area is 69.0 Å². The van der Waals surface area contributed by atoms with Gasteiger partial charge in [0.25, 0.3) is 0 Å². The molecule has 0 nitrogen and oxygen atoms in total. The molecule has 11 heavy (non-hydrogen) atoms. The van der Waals surface area contributed by atoms with E-state index < -0.39 is 0 Å². The summed E-state index contributed by atoms with van der Waals surface area (Å²) in [5.41, 5.74) is 1.72. The molecule has 0 aliphatic heterocycles. The highest BCUT2D eigenvalue weighted by Gasteiger charge is 2.29. The number of allylic oxidation sites excluding steroid dienone is 4. The van der Waals surface area contributed by atoms with Crippen molar-refractivity contribution in [2.45, 2.75) is 32.6 Å². The minimum atomic E-state index is 0.921. The van der Waals surface area contributed by atoms with Gasteiger partial charge in [0.2, 0.25) is 0 Å². The molecule has 0 radical (unpaired) electrons. The van der Waals surface area contributed by atoms with E-state index in [-0.39, 0.29) is 0 Å². The molecule has 1 saturated carbocycles. The van der Waals surface area contributed by atoms with Crippen molar-refractivity contribution in [3.63, 3.8) is 0 Å². The van der Waals surface area contributed by atoms with Gasteiger partial charge in [0, 0.05) is 0 Å². The third-order valence-electron chi connectivity index (χ3n) is 3.21. The van der Waals surface area contributed by atoms with Crippen LogP contribution < -0.4 is 0 Å². The van der Waals surface area contributed by atoms with Gasteiger partial charge in [0.05, 0.1) is 0 Å². The van der Waals surface area contributed by atoms with E-state index >= 15 is 0 Å². The van der Waals surface area contributed by atoms with Gasteiger partial charge in [0.1, 0.15) is 0 Å². The number of fused-ring (bicyclic) bond motifs is 1. The first-order valence-corrected chi connectivity index (χ1v) is 4.77. The van der Waals surface area contributed by atoms with Gasteiger partial charge in [-0.1, -0.05) is 37.1 Å². The topological polar surface area (TPSA) is 0 Å². The van der Waals surface area contributed by atoms with Gasteiger partial charge >= 0.3 is 0 Å². The normalized spacial score (nSPS) is 35.2. The molecule has 2 aliphatic rings. The van der Waals surface area contributed by atoms with Gasteiger partial charge in [-0.3, -0.25) is 0 Å². The quantitative estimate of drug-likeness (QED) is 0.535. The van der Waals surface area contributed by atoms with Crippen molar-refractivity contribution in [1.29, 1.82) is 0 Å². The molecule has 2 atom stereocenters. The van der Waals surface area contributed by atoms with Crippen LogP contribution in [-0.4, -0.2) is 0 Å². The van der Waals surface area contributed by atoms with Crippen LogP contribution in [0.3, 0.4) is 0 Å². The summed E-state index contributed by atoms with van der Waals surface area (Å²) in [5, 5.41) is 0. The van der Waals surface area contributed by atoms with Crippen LogP contribution in [0.15, 0.2) is 23.8 Å². The van der Waals surface area contributed by atoms with E-state index in [4.69, 9.17) is 0 Å². The van der Waals surface area contributed by atoms with Crippen LogP contribution in [0.5, 0.6) is 0 Å². The lowest BCUT2D eigenvalue weighted by molar-refractivity contribution is 0.410. The first-order valence-electron chi connectivity index (χ1n) is 4.77. The lowest BCUT2D eigenvalue weighted by Gasteiger charge is -2.19. The van der Waals surface area contributed by atoms with Gasteiger partial charge < -0.3 is 0 Å². The molecule has 0 bridgehead atoms. The third kappa shape index (κ3) is 1.15. The van der Waals surface area contributed by atoms with Gasteiger partial charge in [-0.25, -0.2) is 0 Å². The average Bonchev–Trinajstić information content (AvgIpc) is 2.47. The van der Waals surface area contributed by atoms with Crippen molar-refractivity contribution in [2.24, 2.45) is 11.8 Å². The van der Waals surface area contributed by atoms with E-state index in [1.165, 1.54) is 25.7 Å². The van der Waals surface area contributed by atoms with Crippen LogP contribution in [0, 0.1) is 11.8 Å². The van der Waals surface area contributed by atoms with E-state index in [2.05, 4.69) is 25.2 Å². The average molecular weight is 148 g/mol. The second kappa shape index (κ2) is 2.84. The number of hydrogen-bond acceptors (Lipinski definition) is 0. The number of rotatable bonds is 1.